The normalized spacial score (nSPS) is 11.2. The first-order valence-corrected chi connectivity index (χ1v) is 5.92. The van der Waals surface area contributed by atoms with E-state index in [9.17, 15) is 8.78 Å². The van der Waals surface area contributed by atoms with Crippen LogP contribution in [-0.2, 0) is 0 Å². The summed E-state index contributed by atoms with van der Waals surface area (Å²) in [5, 5.41) is 8.80. The largest absolute Gasteiger partial charge is 0.204 e. The van der Waals surface area contributed by atoms with Crippen molar-refractivity contribution in [1.82, 2.24) is 0 Å². The van der Waals surface area contributed by atoms with Crippen molar-refractivity contribution in [3.05, 3.63) is 29.8 Å². The number of halogens is 2. The average molecular weight is 241 g/mol. The first-order valence-electron chi connectivity index (χ1n) is 4.94. The fraction of sp³-hybridized carbons (Fsp3) is 0.417. The third-order valence-corrected chi connectivity index (χ3v) is 3.19. The highest BCUT2D eigenvalue weighted by Gasteiger charge is 2.16. The summed E-state index contributed by atoms with van der Waals surface area (Å²) in [6.45, 7) is 3.72. The van der Waals surface area contributed by atoms with Gasteiger partial charge < -0.3 is 0 Å². The smallest absolute Gasteiger partial charge is 0.159 e. The summed E-state index contributed by atoms with van der Waals surface area (Å²) < 4.78 is 25.5. The molecule has 0 amide bonds. The van der Waals surface area contributed by atoms with E-state index in [2.05, 4.69) is 6.07 Å². The predicted octanol–water partition coefficient (Wildman–Crippen LogP) is 4.00. The SMILES string of the molecule is CC(C)(C#N)CCSc1ccc(F)c(F)c1. The number of benzene rings is 1. The summed E-state index contributed by atoms with van der Waals surface area (Å²) in [7, 11) is 0. The van der Waals surface area contributed by atoms with E-state index in [1.54, 1.807) is 6.07 Å². The van der Waals surface area contributed by atoms with Gasteiger partial charge in [-0.25, -0.2) is 8.78 Å². The van der Waals surface area contributed by atoms with Crippen molar-refractivity contribution in [3.63, 3.8) is 0 Å². The Labute approximate surface area is 98.5 Å². The van der Waals surface area contributed by atoms with Crippen molar-refractivity contribution in [2.45, 2.75) is 25.2 Å². The molecule has 0 bridgehead atoms. The Kier molecular flexibility index (Phi) is 4.31. The molecule has 0 heterocycles. The van der Waals surface area contributed by atoms with Gasteiger partial charge in [-0.05, 0) is 44.2 Å². The Morgan fingerprint density at radius 2 is 2.00 bits per heavy atom. The van der Waals surface area contributed by atoms with Crippen LogP contribution in [0.1, 0.15) is 20.3 Å². The molecule has 1 aromatic carbocycles. The molecule has 0 aliphatic heterocycles. The Morgan fingerprint density at radius 1 is 1.31 bits per heavy atom. The lowest BCUT2D eigenvalue weighted by atomic mass is 9.93. The second-order valence-corrected chi connectivity index (χ2v) is 5.34. The lowest BCUT2D eigenvalue weighted by molar-refractivity contribution is 0.482. The van der Waals surface area contributed by atoms with Gasteiger partial charge in [0, 0.05) is 4.90 Å². The molecule has 0 saturated carbocycles. The Balaban J connectivity index is 2.50. The van der Waals surface area contributed by atoms with E-state index in [-0.39, 0.29) is 5.41 Å². The monoisotopic (exact) mass is 241 g/mol. The van der Waals surface area contributed by atoms with E-state index in [0.29, 0.717) is 17.1 Å². The van der Waals surface area contributed by atoms with Crippen molar-refractivity contribution in [2.24, 2.45) is 5.41 Å². The van der Waals surface area contributed by atoms with Gasteiger partial charge in [-0.1, -0.05) is 0 Å². The van der Waals surface area contributed by atoms with Crippen LogP contribution >= 0.6 is 11.8 Å². The average Bonchev–Trinajstić information content (AvgIpc) is 2.23. The van der Waals surface area contributed by atoms with Gasteiger partial charge in [0.25, 0.3) is 0 Å². The summed E-state index contributed by atoms with van der Waals surface area (Å²) in [5.74, 6) is -0.947. The minimum absolute atomic E-state index is 0.369. The van der Waals surface area contributed by atoms with Gasteiger partial charge >= 0.3 is 0 Å². The molecule has 86 valence electrons. The van der Waals surface area contributed by atoms with E-state index in [4.69, 9.17) is 5.26 Å². The third-order valence-electron chi connectivity index (χ3n) is 2.19. The first-order chi connectivity index (χ1) is 7.44. The number of hydrogen-bond acceptors (Lipinski definition) is 2. The van der Waals surface area contributed by atoms with Gasteiger partial charge in [0.15, 0.2) is 11.6 Å². The minimum Gasteiger partial charge on any atom is -0.204 e. The summed E-state index contributed by atoms with van der Waals surface area (Å²) in [4.78, 5) is 0.688. The van der Waals surface area contributed by atoms with Crippen LogP contribution < -0.4 is 0 Å². The number of thioether (sulfide) groups is 1. The number of nitriles is 1. The molecule has 0 atom stereocenters. The molecular formula is C12H13F2NS. The van der Waals surface area contributed by atoms with Crippen LogP contribution in [0.5, 0.6) is 0 Å². The zero-order valence-corrected chi connectivity index (χ0v) is 10.1. The van der Waals surface area contributed by atoms with Gasteiger partial charge in [0.2, 0.25) is 0 Å². The van der Waals surface area contributed by atoms with E-state index in [0.717, 1.165) is 6.07 Å². The standard InChI is InChI=1S/C12H13F2NS/c1-12(2,8-15)5-6-16-9-3-4-10(13)11(14)7-9/h3-4,7H,5-6H2,1-2H3. The van der Waals surface area contributed by atoms with Crippen LogP contribution in [0, 0.1) is 28.4 Å². The van der Waals surface area contributed by atoms with Gasteiger partial charge in [-0.2, -0.15) is 5.26 Å². The zero-order chi connectivity index (χ0) is 12.2. The van der Waals surface area contributed by atoms with Crippen LogP contribution in [0.25, 0.3) is 0 Å². The number of nitrogens with zero attached hydrogens (tertiary/aromatic N) is 1. The second kappa shape index (κ2) is 5.31. The number of hydrogen-bond donors (Lipinski definition) is 0. The third kappa shape index (κ3) is 3.82. The molecule has 1 aromatic rings. The van der Waals surface area contributed by atoms with Crippen LogP contribution in [0.15, 0.2) is 23.1 Å². The highest BCUT2D eigenvalue weighted by atomic mass is 32.2. The summed E-state index contributed by atoms with van der Waals surface area (Å²) in [6.07, 6.45) is 0.715. The molecular weight excluding hydrogens is 228 g/mol. The van der Waals surface area contributed by atoms with Crippen molar-refractivity contribution >= 4 is 11.8 Å². The molecule has 0 unspecified atom stereocenters. The van der Waals surface area contributed by atoms with E-state index >= 15 is 0 Å². The fourth-order valence-corrected chi connectivity index (χ4v) is 2.25. The molecule has 1 nitrogen and oxygen atoms in total. The van der Waals surface area contributed by atoms with Crippen molar-refractivity contribution in [2.75, 3.05) is 5.75 Å². The summed E-state index contributed by atoms with van der Waals surface area (Å²) in [6, 6.07) is 6.04. The van der Waals surface area contributed by atoms with Crippen LogP contribution in [0.2, 0.25) is 0 Å². The summed E-state index contributed by atoms with van der Waals surface area (Å²) in [5.41, 5.74) is -0.369. The summed E-state index contributed by atoms with van der Waals surface area (Å²) >= 11 is 1.43. The maximum Gasteiger partial charge on any atom is 0.159 e. The van der Waals surface area contributed by atoms with Crippen LogP contribution in [0.3, 0.4) is 0 Å². The Morgan fingerprint density at radius 3 is 2.56 bits per heavy atom. The van der Waals surface area contributed by atoms with Gasteiger partial charge in [-0.15, -0.1) is 11.8 Å². The van der Waals surface area contributed by atoms with E-state index < -0.39 is 11.6 Å². The molecule has 1 rings (SSSR count). The molecule has 0 N–H and O–H groups in total. The molecule has 0 radical (unpaired) electrons. The lowest BCUT2D eigenvalue weighted by Crippen LogP contribution is -2.08. The van der Waals surface area contributed by atoms with Crippen molar-refractivity contribution < 1.29 is 8.78 Å². The van der Waals surface area contributed by atoms with Crippen LogP contribution in [0.4, 0.5) is 8.78 Å². The maximum absolute atomic E-state index is 12.9. The maximum atomic E-state index is 12.9. The molecule has 16 heavy (non-hydrogen) atoms. The highest BCUT2D eigenvalue weighted by molar-refractivity contribution is 7.99. The quantitative estimate of drug-likeness (QED) is 0.744. The predicted molar refractivity (Wildman–Crippen MR) is 61.1 cm³/mol. The Hall–Kier alpha value is -1.08. The minimum atomic E-state index is -0.832. The van der Waals surface area contributed by atoms with Crippen LogP contribution in [-0.4, -0.2) is 5.75 Å². The van der Waals surface area contributed by atoms with Gasteiger partial charge in [0.1, 0.15) is 0 Å². The topological polar surface area (TPSA) is 23.8 Å². The Bertz CT molecular complexity index is 410. The molecule has 0 aliphatic carbocycles. The highest BCUT2D eigenvalue weighted by Crippen LogP contribution is 2.26. The molecule has 4 heteroatoms. The molecule has 0 aromatic heterocycles. The number of rotatable bonds is 4. The van der Waals surface area contributed by atoms with E-state index in [1.807, 2.05) is 13.8 Å². The first kappa shape index (κ1) is 13.0. The zero-order valence-electron chi connectivity index (χ0n) is 9.26. The molecule has 0 aliphatic rings. The van der Waals surface area contributed by atoms with Crippen molar-refractivity contribution in [3.8, 4) is 6.07 Å². The molecule has 0 spiro atoms. The lowest BCUT2D eigenvalue weighted by Gasteiger charge is -2.13. The van der Waals surface area contributed by atoms with Crippen molar-refractivity contribution in [1.29, 1.82) is 5.26 Å². The molecule has 0 saturated heterocycles. The molecule has 0 fully saturated rings. The second-order valence-electron chi connectivity index (χ2n) is 4.17. The van der Waals surface area contributed by atoms with Gasteiger partial charge in [-0.3, -0.25) is 0 Å². The van der Waals surface area contributed by atoms with E-state index in [1.165, 1.54) is 17.8 Å². The fourth-order valence-electron chi connectivity index (χ4n) is 1.05. The van der Waals surface area contributed by atoms with Gasteiger partial charge in [0.05, 0.1) is 11.5 Å².